The third-order valence-electron chi connectivity index (χ3n) is 2.11. The number of hydrogen-bond acceptors (Lipinski definition) is 2. The van der Waals surface area contributed by atoms with Crippen molar-refractivity contribution in [3.8, 4) is 18.1 Å². The van der Waals surface area contributed by atoms with Gasteiger partial charge in [0, 0.05) is 6.07 Å². The summed E-state index contributed by atoms with van der Waals surface area (Å²) in [4.78, 5) is 0. The number of hydrogen-bond donors (Lipinski definition) is 1. The van der Waals surface area contributed by atoms with Gasteiger partial charge in [-0.25, -0.2) is 0 Å². The molecule has 0 radical (unpaired) electrons. The molecule has 0 aliphatic carbocycles. The van der Waals surface area contributed by atoms with Crippen LogP contribution in [0, 0.1) is 12.3 Å². The van der Waals surface area contributed by atoms with E-state index < -0.39 is 0 Å². The molecule has 1 unspecified atom stereocenters. The fourth-order valence-corrected chi connectivity index (χ4v) is 1.36. The van der Waals surface area contributed by atoms with E-state index in [-0.39, 0.29) is 6.04 Å². The highest BCUT2D eigenvalue weighted by Crippen LogP contribution is 2.27. The zero-order chi connectivity index (χ0) is 11.3. The summed E-state index contributed by atoms with van der Waals surface area (Å²) >= 11 is 6.02. The van der Waals surface area contributed by atoms with Crippen LogP contribution in [0.1, 0.15) is 13.3 Å². The third-order valence-corrected chi connectivity index (χ3v) is 2.44. The van der Waals surface area contributed by atoms with Crippen LogP contribution in [0.3, 0.4) is 0 Å². The van der Waals surface area contributed by atoms with Crippen molar-refractivity contribution >= 4 is 17.3 Å². The summed E-state index contributed by atoms with van der Waals surface area (Å²) in [5.41, 5.74) is 0.806. The molecule has 0 fully saturated rings. The van der Waals surface area contributed by atoms with E-state index in [1.165, 1.54) is 0 Å². The first kappa shape index (κ1) is 11.7. The quantitative estimate of drug-likeness (QED) is 0.792. The molecule has 1 N–H and O–H groups in total. The average Bonchev–Trinajstić information content (AvgIpc) is 2.28. The smallest absolute Gasteiger partial charge is 0.121 e. The summed E-state index contributed by atoms with van der Waals surface area (Å²) in [6.07, 6.45) is 6.22. The Labute approximate surface area is 95.6 Å². The first-order chi connectivity index (χ1) is 7.21. The number of rotatable bonds is 4. The second kappa shape index (κ2) is 5.53. The van der Waals surface area contributed by atoms with Gasteiger partial charge in [0.2, 0.25) is 0 Å². The van der Waals surface area contributed by atoms with Crippen LogP contribution in [0.15, 0.2) is 18.2 Å². The van der Waals surface area contributed by atoms with Crippen molar-refractivity contribution in [2.24, 2.45) is 0 Å². The molecule has 0 aliphatic heterocycles. The lowest BCUT2D eigenvalue weighted by Gasteiger charge is -2.14. The minimum absolute atomic E-state index is 0.00499. The van der Waals surface area contributed by atoms with E-state index in [0.29, 0.717) is 5.02 Å². The maximum Gasteiger partial charge on any atom is 0.121 e. The standard InChI is InChI=1S/C12H14ClNO/c1-4-9(5-2)14-12-8-10(15-3)6-7-11(12)13/h1,6-9,14H,5H2,2-3H3. The number of ether oxygens (including phenoxy) is 1. The van der Waals surface area contributed by atoms with Crippen molar-refractivity contribution in [3.63, 3.8) is 0 Å². The van der Waals surface area contributed by atoms with Gasteiger partial charge in [-0.2, -0.15) is 0 Å². The van der Waals surface area contributed by atoms with Gasteiger partial charge in [-0.1, -0.05) is 24.4 Å². The topological polar surface area (TPSA) is 21.3 Å². The highest BCUT2D eigenvalue weighted by atomic mass is 35.5. The molecule has 0 bridgehead atoms. The Morgan fingerprint density at radius 3 is 2.87 bits per heavy atom. The van der Waals surface area contributed by atoms with Crippen LogP contribution < -0.4 is 10.1 Å². The van der Waals surface area contributed by atoms with E-state index in [1.807, 2.05) is 19.1 Å². The van der Waals surface area contributed by atoms with Crippen molar-refractivity contribution < 1.29 is 4.74 Å². The predicted octanol–water partition coefficient (Wildman–Crippen LogP) is 3.17. The molecule has 1 aromatic rings. The van der Waals surface area contributed by atoms with Gasteiger partial charge in [0.15, 0.2) is 0 Å². The Morgan fingerprint density at radius 2 is 2.33 bits per heavy atom. The Hall–Kier alpha value is -1.33. The molecule has 0 heterocycles. The second-order valence-corrected chi connectivity index (χ2v) is 3.52. The summed E-state index contributed by atoms with van der Waals surface area (Å²) in [7, 11) is 1.62. The molecule has 1 aromatic carbocycles. The molecule has 2 nitrogen and oxygen atoms in total. The van der Waals surface area contributed by atoms with E-state index in [4.69, 9.17) is 22.8 Å². The monoisotopic (exact) mass is 223 g/mol. The summed E-state index contributed by atoms with van der Waals surface area (Å²) in [6, 6.07) is 5.42. The van der Waals surface area contributed by atoms with E-state index in [1.54, 1.807) is 13.2 Å². The van der Waals surface area contributed by atoms with Crippen LogP contribution >= 0.6 is 11.6 Å². The number of benzene rings is 1. The van der Waals surface area contributed by atoms with E-state index in [0.717, 1.165) is 17.9 Å². The lowest BCUT2D eigenvalue weighted by atomic mass is 10.2. The molecular weight excluding hydrogens is 210 g/mol. The van der Waals surface area contributed by atoms with Gasteiger partial charge in [-0.15, -0.1) is 6.42 Å². The number of methoxy groups -OCH3 is 1. The number of nitrogens with one attached hydrogen (secondary N) is 1. The molecule has 0 saturated carbocycles. The molecule has 1 rings (SSSR count). The van der Waals surface area contributed by atoms with Crippen molar-refractivity contribution in [1.82, 2.24) is 0 Å². The number of halogens is 1. The molecular formula is C12H14ClNO. The largest absolute Gasteiger partial charge is 0.497 e. The zero-order valence-electron chi connectivity index (χ0n) is 8.88. The van der Waals surface area contributed by atoms with E-state index in [9.17, 15) is 0 Å². The first-order valence-electron chi connectivity index (χ1n) is 4.77. The summed E-state index contributed by atoms with van der Waals surface area (Å²) < 4.78 is 5.11. The van der Waals surface area contributed by atoms with Crippen molar-refractivity contribution in [1.29, 1.82) is 0 Å². The van der Waals surface area contributed by atoms with Crippen LogP contribution in [-0.2, 0) is 0 Å². The molecule has 0 aromatic heterocycles. The van der Waals surface area contributed by atoms with Crippen LogP contribution in [0.4, 0.5) is 5.69 Å². The SMILES string of the molecule is C#CC(CC)Nc1cc(OC)ccc1Cl. The summed E-state index contributed by atoms with van der Waals surface area (Å²) in [6.45, 7) is 2.02. The maximum atomic E-state index is 6.02. The van der Waals surface area contributed by atoms with Gasteiger partial charge in [0.25, 0.3) is 0 Å². The van der Waals surface area contributed by atoms with Gasteiger partial charge in [0.05, 0.1) is 23.9 Å². The normalized spacial score (nSPS) is 11.6. The molecule has 15 heavy (non-hydrogen) atoms. The fourth-order valence-electron chi connectivity index (χ4n) is 1.19. The molecule has 1 atom stereocenters. The molecule has 0 aliphatic rings. The van der Waals surface area contributed by atoms with Crippen molar-refractivity contribution in [2.45, 2.75) is 19.4 Å². The lowest BCUT2D eigenvalue weighted by Crippen LogP contribution is -2.15. The lowest BCUT2D eigenvalue weighted by molar-refractivity contribution is 0.415. The van der Waals surface area contributed by atoms with Crippen LogP contribution in [0.25, 0.3) is 0 Å². The Bertz CT molecular complexity index is 370. The van der Waals surface area contributed by atoms with Gasteiger partial charge in [-0.05, 0) is 18.6 Å². The molecule has 0 saturated heterocycles. The van der Waals surface area contributed by atoms with Gasteiger partial charge in [-0.3, -0.25) is 0 Å². The highest BCUT2D eigenvalue weighted by Gasteiger charge is 2.06. The Kier molecular flexibility index (Phi) is 4.33. The third kappa shape index (κ3) is 3.07. The van der Waals surface area contributed by atoms with Crippen molar-refractivity contribution in [3.05, 3.63) is 23.2 Å². The number of anilines is 1. The molecule has 80 valence electrons. The van der Waals surface area contributed by atoms with E-state index in [2.05, 4.69) is 11.2 Å². The minimum Gasteiger partial charge on any atom is -0.497 e. The van der Waals surface area contributed by atoms with Crippen molar-refractivity contribution in [2.75, 3.05) is 12.4 Å². The fraction of sp³-hybridized carbons (Fsp3) is 0.333. The number of terminal acetylenes is 1. The van der Waals surface area contributed by atoms with Gasteiger partial charge < -0.3 is 10.1 Å². The van der Waals surface area contributed by atoms with Crippen LogP contribution in [-0.4, -0.2) is 13.2 Å². The Morgan fingerprint density at radius 1 is 1.60 bits per heavy atom. The Balaban J connectivity index is 2.88. The zero-order valence-corrected chi connectivity index (χ0v) is 9.64. The summed E-state index contributed by atoms with van der Waals surface area (Å²) in [5, 5.41) is 3.82. The first-order valence-corrected chi connectivity index (χ1v) is 5.15. The van der Waals surface area contributed by atoms with Crippen LogP contribution in [0.2, 0.25) is 5.02 Å². The molecule has 0 amide bonds. The summed E-state index contributed by atoms with van der Waals surface area (Å²) in [5.74, 6) is 3.41. The van der Waals surface area contributed by atoms with Crippen LogP contribution in [0.5, 0.6) is 5.75 Å². The van der Waals surface area contributed by atoms with Gasteiger partial charge in [0.1, 0.15) is 5.75 Å². The highest BCUT2D eigenvalue weighted by molar-refractivity contribution is 6.33. The second-order valence-electron chi connectivity index (χ2n) is 3.12. The average molecular weight is 224 g/mol. The molecule has 0 spiro atoms. The van der Waals surface area contributed by atoms with Gasteiger partial charge >= 0.3 is 0 Å². The van der Waals surface area contributed by atoms with E-state index >= 15 is 0 Å². The molecule has 3 heteroatoms. The predicted molar refractivity (Wildman–Crippen MR) is 64.5 cm³/mol. The minimum atomic E-state index is -0.00499. The maximum absolute atomic E-state index is 6.02.